The van der Waals surface area contributed by atoms with Crippen LogP contribution < -0.4 is 0 Å². The van der Waals surface area contributed by atoms with E-state index < -0.39 is 8.32 Å². The molecule has 0 radical (unpaired) electrons. The monoisotopic (exact) mass is 387 g/mol. The molecule has 3 atom stereocenters. The molecular weight excluding hydrogens is 357 g/mol. The third-order valence-corrected chi connectivity index (χ3v) is 11.8. The van der Waals surface area contributed by atoms with Crippen LogP contribution in [0, 0.1) is 18.3 Å². The van der Waals surface area contributed by atoms with E-state index >= 15 is 0 Å². The Morgan fingerprint density at radius 1 is 1.55 bits per heavy atom. The Morgan fingerprint density at radius 2 is 2.14 bits per heavy atom. The molecule has 22 heavy (non-hydrogen) atoms. The van der Waals surface area contributed by atoms with Crippen LogP contribution in [0.4, 0.5) is 0 Å². The summed E-state index contributed by atoms with van der Waals surface area (Å²) in [5.41, 5.74) is 0. The Kier molecular flexibility index (Phi) is 6.53. The first-order valence-corrected chi connectivity index (χ1v) is 12.8. The molecule has 5 heteroatoms. The molecule has 1 amide bonds. The number of nitrogens with zero attached hydrogens (tertiary/aromatic N) is 1. The summed E-state index contributed by atoms with van der Waals surface area (Å²) in [6.07, 6.45) is 7.15. The van der Waals surface area contributed by atoms with Crippen LogP contribution in [0.15, 0.2) is 12.7 Å². The predicted octanol–water partition coefficient (Wildman–Crippen LogP) is 3.12. The zero-order valence-electron chi connectivity index (χ0n) is 14.7. The van der Waals surface area contributed by atoms with Crippen molar-refractivity contribution in [3.63, 3.8) is 0 Å². The molecule has 0 bridgehead atoms. The summed E-state index contributed by atoms with van der Waals surface area (Å²) in [5.74, 6) is 2.86. The van der Waals surface area contributed by atoms with E-state index in [1.807, 2.05) is 11.8 Å². The molecule has 1 saturated heterocycles. The van der Waals surface area contributed by atoms with Crippen molar-refractivity contribution in [1.29, 1.82) is 0 Å². The first kappa shape index (κ1) is 19.5. The fourth-order valence-electron chi connectivity index (χ4n) is 2.36. The van der Waals surface area contributed by atoms with E-state index in [-0.39, 0.29) is 42.9 Å². The molecule has 0 aromatic heterocycles. The number of rotatable bonds is 7. The number of hydrogen-bond acceptors (Lipinski definition) is 2. The zero-order chi connectivity index (χ0) is 17.1. The Morgan fingerprint density at radius 3 is 2.59 bits per heavy atom. The molecule has 0 unspecified atom stereocenters. The molecule has 1 aliphatic rings. The van der Waals surface area contributed by atoms with Gasteiger partial charge in [-0.05, 0) is 0 Å². The maximum absolute atomic E-state index is 12.5. The number of hydrogen-bond donors (Lipinski definition) is 0. The van der Waals surface area contributed by atoms with E-state index in [1.54, 1.807) is 6.08 Å². The first-order valence-electron chi connectivity index (χ1n) is 7.71. The molecule has 1 aliphatic heterocycles. The fraction of sp³-hybridized carbons (Fsp3) is 0.706. The van der Waals surface area contributed by atoms with Crippen molar-refractivity contribution in [2.75, 3.05) is 6.54 Å². The van der Waals surface area contributed by atoms with Crippen LogP contribution in [-0.2, 0) is 9.22 Å². The minimum atomic E-state index is -1.87. The van der Waals surface area contributed by atoms with Crippen molar-refractivity contribution >= 4 is 29.2 Å². The maximum atomic E-state index is 12.5. The molecule has 1 heterocycles. The van der Waals surface area contributed by atoms with Crippen molar-refractivity contribution in [3.05, 3.63) is 12.7 Å². The second-order valence-corrected chi connectivity index (χ2v) is 14.4. The summed E-state index contributed by atoms with van der Waals surface area (Å²) in [6.45, 7) is 17.5. The molecule has 1 fully saturated rings. The Labute approximate surface area is 143 Å². The second-order valence-electron chi connectivity index (χ2n) is 7.29. The van der Waals surface area contributed by atoms with E-state index in [0.29, 0.717) is 6.54 Å². The molecular formula is C17H29NO2SeSi. The summed E-state index contributed by atoms with van der Waals surface area (Å²) < 4.78 is 6.44. The molecule has 0 spiro atoms. The van der Waals surface area contributed by atoms with Gasteiger partial charge in [-0.2, -0.15) is 0 Å². The van der Waals surface area contributed by atoms with Gasteiger partial charge in [0.2, 0.25) is 0 Å². The number of β-lactam (4-membered cyclic amide) rings is 1. The molecule has 124 valence electrons. The van der Waals surface area contributed by atoms with Crippen molar-refractivity contribution < 1.29 is 9.22 Å². The van der Waals surface area contributed by atoms with Gasteiger partial charge in [-0.25, -0.2) is 0 Å². The molecule has 0 N–H and O–H groups in total. The van der Waals surface area contributed by atoms with E-state index in [4.69, 9.17) is 10.8 Å². The van der Waals surface area contributed by atoms with Gasteiger partial charge in [0.05, 0.1) is 0 Å². The first-order chi connectivity index (χ1) is 10.1. The number of likely N-dealkylation sites (tertiary alicyclic amines) is 1. The third-order valence-electron chi connectivity index (χ3n) is 4.64. The molecule has 0 aromatic rings. The van der Waals surface area contributed by atoms with Gasteiger partial charge in [-0.15, -0.1) is 0 Å². The van der Waals surface area contributed by atoms with Gasteiger partial charge in [-0.1, -0.05) is 0 Å². The van der Waals surface area contributed by atoms with Crippen molar-refractivity contribution in [2.24, 2.45) is 5.92 Å². The minimum absolute atomic E-state index is 0.0394. The van der Waals surface area contributed by atoms with Crippen LogP contribution in [0.2, 0.25) is 23.5 Å². The second kappa shape index (κ2) is 7.36. The number of terminal acetylenes is 1. The van der Waals surface area contributed by atoms with Crippen LogP contribution in [0.3, 0.4) is 0 Å². The van der Waals surface area contributed by atoms with Crippen molar-refractivity contribution in [1.82, 2.24) is 4.90 Å². The van der Waals surface area contributed by atoms with Gasteiger partial charge in [0.15, 0.2) is 0 Å². The summed E-state index contributed by atoms with van der Waals surface area (Å²) in [7, 11) is -1.87. The topological polar surface area (TPSA) is 29.5 Å². The standard InChI is InChI=1S/C17H29NO2SeSi/c1-9-11-18-15(19)14(16(18)21-12-10-2)13(3)20-22(7,8)17(4,5)6/h2,9,13-14,16H,1,11-12H2,3-8H3/t13-,14+,16-/m1/s1. The average Bonchev–Trinajstić information content (AvgIpc) is 2.38. The van der Waals surface area contributed by atoms with Crippen LogP contribution in [-0.4, -0.2) is 51.7 Å². The van der Waals surface area contributed by atoms with E-state index in [9.17, 15) is 4.79 Å². The van der Waals surface area contributed by atoms with E-state index in [2.05, 4.69) is 46.4 Å². The van der Waals surface area contributed by atoms with Gasteiger partial charge in [-0.3, -0.25) is 0 Å². The molecule has 3 nitrogen and oxygen atoms in total. The van der Waals surface area contributed by atoms with E-state index in [1.165, 1.54) is 0 Å². The van der Waals surface area contributed by atoms with Gasteiger partial charge < -0.3 is 0 Å². The summed E-state index contributed by atoms with van der Waals surface area (Å²) in [5, 5.41) is 0.899. The normalized spacial score (nSPS) is 23.7. The molecule has 0 aliphatic carbocycles. The van der Waals surface area contributed by atoms with Gasteiger partial charge in [0.1, 0.15) is 0 Å². The zero-order valence-corrected chi connectivity index (χ0v) is 17.4. The summed E-state index contributed by atoms with van der Waals surface area (Å²) in [6, 6.07) is 0. The van der Waals surface area contributed by atoms with Gasteiger partial charge in [0, 0.05) is 0 Å². The average molecular weight is 386 g/mol. The number of carbonyl (C=O) groups is 1. The van der Waals surface area contributed by atoms with E-state index in [0.717, 1.165) is 5.32 Å². The summed E-state index contributed by atoms with van der Waals surface area (Å²) >= 11 is 0.237. The van der Waals surface area contributed by atoms with Crippen molar-refractivity contribution in [3.8, 4) is 12.3 Å². The predicted molar refractivity (Wildman–Crippen MR) is 96.3 cm³/mol. The van der Waals surface area contributed by atoms with Gasteiger partial charge in [0.25, 0.3) is 0 Å². The molecule has 1 rings (SSSR count). The fourth-order valence-corrected chi connectivity index (χ4v) is 6.27. The van der Waals surface area contributed by atoms with Crippen molar-refractivity contribution in [2.45, 2.75) is 62.2 Å². The quantitative estimate of drug-likeness (QED) is 0.291. The van der Waals surface area contributed by atoms with Gasteiger partial charge >= 0.3 is 143 Å². The number of amides is 1. The number of carbonyl (C=O) groups excluding carboxylic acids is 1. The Hall–Kier alpha value is -0.534. The Balaban J connectivity index is 2.82. The molecule has 0 aromatic carbocycles. The van der Waals surface area contributed by atoms with Crippen LogP contribution in [0.25, 0.3) is 0 Å². The van der Waals surface area contributed by atoms with Crippen LogP contribution >= 0.6 is 0 Å². The SMILES string of the molecule is C#CC[Se][C@@H]1[C@@H]([C@@H](C)O[Si](C)(C)C(C)(C)C)C(=O)N1CC=C. The summed E-state index contributed by atoms with van der Waals surface area (Å²) in [4.78, 5) is 14.6. The Bertz CT molecular complexity index is 464. The van der Waals surface area contributed by atoms with Crippen LogP contribution in [0.1, 0.15) is 27.7 Å². The van der Waals surface area contributed by atoms with Crippen LogP contribution in [0.5, 0.6) is 0 Å². The third kappa shape index (κ3) is 4.05. The molecule has 0 saturated carbocycles.